The van der Waals surface area contributed by atoms with Crippen LogP contribution in [0.4, 0.5) is 0 Å². The Morgan fingerprint density at radius 3 is 3.00 bits per heavy atom. The molecule has 0 bridgehead atoms. The Balaban J connectivity index is 2.03. The van der Waals surface area contributed by atoms with Crippen LogP contribution in [0.1, 0.15) is 30.5 Å². The second kappa shape index (κ2) is 4.37. The lowest BCUT2D eigenvalue weighted by Gasteiger charge is -2.34. The summed E-state index contributed by atoms with van der Waals surface area (Å²) in [5.74, 6) is 0.554. The minimum atomic E-state index is 0.269. The van der Waals surface area contributed by atoms with Crippen molar-refractivity contribution >= 4 is 10.9 Å². The average molecular weight is 244 g/mol. The van der Waals surface area contributed by atoms with E-state index in [-0.39, 0.29) is 6.04 Å². The molecule has 18 heavy (non-hydrogen) atoms. The minimum absolute atomic E-state index is 0.269. The number of aryl methyl sites for hydroxylation is 1. The van der Waals surface area contributed by atoms with Crippen molar-refractivity contribution in [1.82, 2.24) is 15.5 Å². The average Bonchev–Trinajstić information content (AvgIpc) is 2.81. The fourth-order valence-electron chi connectivity index (χ4n) is 2.94. The predicted molar refractivity (Wildman–Crippen MR) is 73.3 cm³/mol. The monoisotopic (exact) mass is 244 g/mol. The van der Waals surface area contributed by atoms with Gasteiger partial charge in [0.1, 0.15) is 0 Å². The zero-order valence-corrected chi connectivity index (χ0v) is 10.9. The Labute approximate surface area is 107 Å². The van der Waals surface area contributed by atoms with E-state index in [1.807, 2.05) is 6.20 Å². The molecule has 4 N–H and O–H groups in total. The van der Waals surface area contributed by atoms with E-state index < -0.39 is 0 Å². The highest BCUT2D eigenvalue weighted by molar-refractivity contribution is 5.83. The number of fused-ring (bicyclic) bond motifs is 1. The summed E-state index contributed by atoms with van der Waals surface area (Å²) in [6, 6.07) is 4.92. The molecule has 3 atom stereocenters. The van der Waals surface area contributed by atoms with Gasteiger partial charge in [0, 0.05) is 24.0 Å². The third-order valence-electron chi connectivity index (χ3n) is 4.17. The van der Waals surface area contributed by atoms with Crippen LogP contribution in [0, 0.1) is 12.8 Å². The Kier molecular flexibility index (Phi) is 2.84. The van der Waals surface area contributed by atoms with Crippen molar-refractivity contribution < 1.29 is 0 Å². The van der Waals surface area contributed by atoms with E-state index in [1.165, 1.54) is 16.5 Å². The standard InChI is InChI=1S/C14H20N4/c1-8-3-4-12-10(6-17-18-12)14(8)13-5-9(2)11(15)7-16-13/h3-4,6,9,11,13,16H,5,7,15H2,1-2H3,(H,17,18). The number of piperidine rings is 1. The van der Waals surface area contributed by atoms with Gasteiger partial charge in [-0.05, 0) is 36.5 Å². The number of rotatable bonds is 1. The Morgan fingerprint density at radius 2 is 2.22 bits per heavy atom. The first-order valence-electron chi connectivity index (χ1n) is 6.58. The molecule has 0 saturated carbocycles. The van der Waals surface area contributed by atoms with Gasteiger partial charge in [-0.1, -0.05) is 13.0 Å². The van der Waals surface area contributed by atoms with Gasteiger partial charge in [-0.3, -0.25) is 5.10 Å². The number of hydrogen-bond acceptors (Lipinski definition) is 3. The summed E-state index contributed by atoms with van der Waals surface area (Å²) in [6.07, 6.45) is 3.02. The third-order valence-corrected chi connectivity index (χ3v) is 4.17. The summed E-state index contributed by atoms with van der Waals surface area (Å²) in [7, 11) is 0. The summed E-state index contributed by atoms with van der Waals surface area (Å²) in [6.45, 7) is 5.30. The van der Waals surface area contributed by atoms with E-state index in [0.29, 0.717) is 12.0 Å². The molecule has 1 aliphatic heterocycles. The van der Waals surface area contributed by atoms with Gasteiger partial charge in [0.15, 0.2) is 0 Å². The second-order valence-electron chi connectivity index (χ2n) is 5.47. The van der Waals surface area contributed by atoms with Crippen molar-refractivity contribution in [3.05, 3.63) is 29.5 Å². The van der Waals surface area contributed by atoms with Crippen molar-refractivity contribution in [1.29, 1.82) is 0 Å². The van der Waals surface area contributed by atoms with Crippen LogP contribution in [0.25, 0.3) is 10.9 Å². The first kappa shape index (κ1) is 11.7. The fourth-order valence-corrected chi connectivity index (χ4v) is 2.94. The molecule has 0 spiro atoms. The van der Waals surface area contributed by atoms with Crippen LogP contribution < -0.4 is 11.1 Å². The van der Waals surface area contributed by atoms with Crippen molar-refractivity contribution in [3.8, 4) is 0 Å². The van der Waals surface area contributed by atoms with Gasteiger partial charge < -0.3 is 11.1 Å². The van der Waals surface area contributed by atoms with Crippen LogP contribution in [-0.2, 0) is 0 Å². The number of aromatic nitrogens is 2. The van der Waals surface area contributed by atoms with Gasteiger partial charge in [0.2, 0.25) is 0 Å². The smallest absolute Gasteiger partial charge is 0.0653 e. The maximum Gasteiger partial charge on any atom is 0.0653 e. The van der Waals surface area contributed by atoms with E-state index in [9.17, 15) is 0 Å². The molecule has 96 valence electrons. The lowest BCUT2D eigenvalue weighted by Crippen LogP contribution is -2.46. The molecule has 4 nitrogen and oxygen atoms in total. The molecule has 0 radical (unpaired) electrons. The van der Waals surface area contributed by atoms with Crippen LogP contribution >= 0.6 is 0 Å². The summed E-state index contributed by atoms with van der Waals surface area (Å²) >= 11 is 0. The van der Waals surface area contributed by atoms with Crippen LogP contribution in [0.3, 0.4) is 0 Å². The second-order valence-corrected chi connectivity index (χ2v) is 5.47. The molecule has 2 aromatic rings. The molecular formula is C14H20N4. The quantitative estimate of drug-likeness (QED) is 0.717. The maximum atomic E-state index is 6.07. The summed E-state index contributed by atoms with van der Waals surface area (Å²) in [4.78, 5) is 0. The molecule has 4 heteroatoms. The largest absolute Gasteiger partial charge is 0.326 e. The molecule has 0 amide bonds. The van der Waals surface area contributed by atoms with Gasteiger partial charge in [-0.25, -0.2) is 0 Å². The van der Waals surface area contributed by atoms with E-state index >= 15 is 0 Å². The van der Waals surface area contributed by atoms with Crippen molar-refractivity contribution in [2.24, 2.45) is 11.7 Å². The molecule has 0 aliphatic carbocycles. The molecule has 2 heterocycles. The molecule has 1 aromatic carbocycles. The normalized spacial score (nSPS) is 28.7. The Bertz CT molecular complexity index is 560. The first-order chi connectivity index (χ1) is 8.66. The maximum absolute atomic E-state index is 6.07. The number of hydrogen-bond donors (Lipinski definition) is 3. The molecule has 1 fully saturated rings. The van der Waals surface area contributed by atoms with E-state index in [4.69, 9.17) is 5.73 Å². The molecular weight excluding hydrogens is 224 g/mol. The van der Waals surface area contributed by atoms with Crippen LogP contribution in [0.15, 0.2) is 18.3 Å². The van der Waals surface area contributed by atoms with Crippen LogP contribution in [-0.4, -0.2) is 22.8 Å². The fraction of sp³-hybridized carbons (Fsp3) is 0.500. The number of nitrogens with zero attached hydrogens (tertiary/aromatic N) is 1. The number of nitrogens with one attached hydrogen (secondary N) is 2. The lowest BCUT2D eigenvalue weighted by molar-refractivity contribution is 0.286. The van der Waals surface area contributed by atoms with Crippen LogP contribution in [0.5, 0.6) is 0 Å². The minimum Gasteiger partial charge on any atom is -0.326 e. The Hall–Kier alpha value is -1.39. The van der Waals surface area contributed by atoms with Gasteiger partial charge in [-0.15, -0.1) is 0 Å². The summed E-state index contributed by atoms with van der Waals surface area (Å²) in [5.41, 5.74) is 9.88. The van der Waals surface area contributed by atoms with Crippen molar-refractivity contribution in [2.45, 2.75) is 32.4 Å². The van der Waals surface area contributed by atoms with Gasteiger partial charge >= 0.3 is 0 Å². The SMILES string of the molecule is Cc1ccc2[nH]ncc2c1C1CC(C)C(N)CN1. The number of nitrogens with two attached hydrogens (primary N) is 1. The third kappa shape index (κ3) is 1.82. The van der Waals surface area contributed by atoms with Crippen LogP contribution in [0.2, 0.25) is 0 Å². The van der Waals surface area contributed by atoms with Gasteiger partial charge in [-0.2, -0.15) is 5.10 Å². The summed E-state index contributed by atoms with van der Waals surface area (Å²) < 4.78 is 0. The highest BCUT2D eigenvalue weighted by Crippen LogP contribution is 2.33. The van der Waals surface area contributed by atoms with E-state index in [1.54, 1.807) is 0 Å². The Morgan fingerprint density at radius 1 is 1.39 bits per heavy atom. The van der Waals surface area contributed by atoms with Gasteiger partial charge in [0.05, 0.1) is 11.7 Å². The highest BCUT2D eigenvalue weighted by Gasteiger charge is 2.27. The molecule has 1 aliphatic rings. The lowest BCUT2D eigenvalue weighted by atomic mass is 9.84. The van der Waals surface area contributed by atoms with E-state index in [0.717, 1.165) is 18.5 Å². The predicted octanol–water partition coefficient (Wildman–Crippen LogP) is 1.87. The molecule has 1 saturated heterocycles. The zero-order chi connectivity index (χ0) is 12.7. The first-order valence-corrected chi connectivity index (χ1v) is 6.58. The van der Waals surface area contributed by atoms with Gasteiger partial charge in [0.25, 0.3) is 0 Å². The topological polar surface area (TPSA) is 66.7 Å². The molecule has 3 rings (SSSR count). The number of benzene rings is 1. The summed E-state index contributed by atoms with van der Waals surface area (Å²) in [5, 5.41) is 12.0. The zero-order valence-electron chi connectivity index (χ0n) is 10.9. The van der Waals surface area contributed by atoms with Crippen molar-refractivity contribution in [2.75, 3.05) is 6.54 Å². The molecule has 3 unspecified atom stereocenters. The highest BCUT2D eigenvalue weighted by atomic mass is 15.1. The van der Waals surface area contributed by atoms with E-state index in [2.05, 4.69) is 41.5 Å². The number of aromatic amines is 1. The van der Waals surface area contributed by atoms with Crippen molar-refractivity contribution in [3.63, 3.8) is 0 Å². The molecule has 1 aromatic heterocycles. The number of H-pyrrole nitrogens is 1.